The van der Waals surface area contributed by atoms with E-state index in [1.54, 1.807) is 12.1 Å². The molecule has 0 fully saturated rings. The third kappa shape index (κ3) is 5.47. The molecule has 0 spiro atoms. The van der Waals surface area contributed by atoms with Gasteiger partial charge in [-0.3, -0.25) is 4.79 Å². The minimum absolute atomic E-state index is 0.164. The Morgan fingerprint density at radius 1 is 1.04 bits per heavy atom. The Morgan fingerprint density at radius 2 is 1.71 bits per heavy atom. The second-order valence-corrected chi connectivity index (χ2v) is 7.72. The van der Waals surface area contributed by atoms with Crippen LogP contribution >= 0.6 is 0 Å². The van der Waals surface area contributed by atoms with Gasteiger partial charge in [0.15, 0.2) is 0 Å². The smallest absolute Gasteiger partial charge is 0.255 e. The number of hydrogen-bond donors (Lipinski definition) is 2. The van der Waals surface area contributed by atoms with Gasteiger partial charge in [-0.15, -0.1) is 0 Å². The fourth-order valence-corrected chi connectivity index (χ4v) is 2.82. The molecule has 0 aliphatic rings. The topological polar surface area (TPSA) is 75.3 Å². The van der Waals surface area contributed by atoms with Crippen LogP contribution in [0.25, 0.3) is 0 Å². The van der Waals surface area contributed by atoms with Gasteiger partial charge in [-0.25, -0.2) is 13.1 Å². The maximum absolute atomic E-state index is 12.3. The molecule has 2 aromatic carbocycles. The van der Waals surface area contributed by atoms with Crippen molar-refractivity contribution in [1.82, 2.24) is 4.72 Å². The average molecular weight is 346 g/mol. The molecule has 0 unspecified atom stereocenters. The van der Waals surface area contributed by atoms with Gasteiger partial charge in [-0.05, 0) is 49.6 Å². The fourth-order valence-electron chi connectivity index (χ4n) is 2.35. The van der Waals surface area contributed by atoms with E-state index in [-0.39, 0.29) is 5.91 Å². The van der Waals surface area contributed by atoms with Crippen molar-refractivity contribution in [3.63, 3.8) is 0 Å². The van der Waals surface area contributed by atoms with E-state index in [2.05, 4.69) is 10.0 Å². The average Bonchev–Trinajstić information content (AvgIpc) is 2.49. The lowest BCUT2D eigenvalue weighted by molar-refractivity contribution is 0.102. The van der Waals surface area contributed by atoms with Crippen molar-refractivity contribution >= 4 is 21.6 Å². The first-order valence-corrected chi connectivity index (χ1v) is 9.56. The molecule has 0 aromatic heterocycles. The molecule has 0 saturated carbocycles. The number of carbonyl (C=O) groups is 1. The highest BCUT2D eigenvalue weighted by molar-refractivity contribution is 7.88. The van der Waals surface area contributed by atoms with Gasteiger partial charge < -0.3 is 5.32 Å². The lowest BCUT2D eigenvalue weighted by Crippen LogP contribution is -2.24. The lowest BCUT2D eigenvalue weighted by atomic mass is 10.1. The maximum Gasteiger partial charge on any atom is 0.255 e. The molecule has 5 nitrogen and oxygen atoms in total. The number of rotatable bonds is 6. The van der Waals surface area contributed by atoms with E-state index >= 15 is 0 Å². The number of aryl methyl sites for hydroxylation is 2. The number of hydrogen-bond acceptors (Lipinski definition) is 3. The summed E-state index contributed by atoms with van der Waals surface area (Å²) in [7, 11) is -3.17. The zero-order valence-electron chi connectivity index (χ0n) is 14.1. The Bertz CT molecular complexity index is 828. The molecule has 0 saturated heterocycles. The number of benzene rings is 2. The van der Waals surface area contributed by atoms with Crippen LogP contribution < -0.4 is 10.0 Å². The van der Waals surface area contributed by atoms with E-state index in [9.17, 15) is 13.2 Å². The van der Waals surface area contributed by atoms with Crippen molar-refractivity contribution < 1.29 is 13.2 Å². The van der Waals surface area contributed by atoms with E-state index in [0.29, 0.717) is 18.5 Å². The van der Waals surface area contributed by atoms with Gasteiger partial charge in [0.25, 0.3) is 5.91 Å². The van der Waals surface area contributed by atoms with Gasteiger partial charge in [0.2, 0.25) is 10.0 Å². The Labute approximate surface area is 143 Å². The predicted molar refractivity (Wildman–Crippen MR) is 96.9 cm³/mol. The van der Waals surface area contributed by atoms with E-state index < -0.39 is 10.0 Å². The van der Waals surface area contributed by atoms with Crippen molar-refractivity contribution in [3.8, 4) is 0 Å². The molecule has 1 amide bonds. The summed E-state index contributed by atoms with van der Waals surface area (Å²) < 4.78 is 24.5. The number of anilines is 1. The van der Waals surface area contributed by atoms with Crippen molar-refractivity contribution in [2.45, 2.75) is 20.3 Å². The third-order valence-electron chi connectivity index (χ3n) is 3.62. The van der Waals surface area contributed by atoms with Crippen molar-refractivity contribution in [3.05, 3.63) is 64.7 Å². The monoisotopic (exact) mass is 346 g/mol. The third-order valence-corrected chi connectivity index (χ3v) is 4.35. The summed E-state index contributed by atoms with van der Waals surface area (Å²) in [6.45, 7) is 4.31. The molecule has 0 bridgehead atoms. The molecular weight excluding hydrogens is 324 g/mol. The van der Waals surface area contributed by atoms with Gasteiger partial charge in [0, 0.05) is 17.8 Å². The van der Waals surface area contributed by atoms with Crippen LogP contribution in [0.4, 0.5) is 5.69 Å². The van der Waals surface area contributed by atoms with Crippen LogP contribution in [0.15, 0.2) is 42.5 Å². The highest BCUT2D eigenvalue weighted by atomic mass is 32.2. The molecule has 0 aliphatic carbocycles. The summed E-state index contributed by atoms with van der Waals surface area (Å²) in [5.41, 5.74) is 4.50. The Kier molecular flexibility index (Phi) is 5.75. The zero-order chi connectivity index (χ0) is 17.7. The molecule has 0 aliphatic heterocycles. The van der Waals surface area contributed by atoms with Crippen LogP contribution in [0.2, 0.25) is 0 Å². The number of carbonyl (C=O) groups excluding carboxylic acids is 1. The fraction of sp³-hybridized carbons (Fsp3) is 0.278. The van der Waals surface area contributed by atoms with E-state index in [0.717, 1.165) is 28.6 Å². The normalized spacial score (nSPS) is 11.3. The quantitative estimate of drug-likeness (QED) is 0.844. The molecule has 6 heteroatoms. The lowest BCUT2D eigenvalue weighted by Gasteiger charge is -2.10. The summed E-state index contributed by atoms with van der Waals surface area (Å²) in [5.74, 6) is -0.164. The number of sulfonamides is 1. The van der Waals surface area contributed by atoms with Crippen LogP contribution in [0.5, 0.6) is 0 Å². The highest BCUT2D eigenvalue weighted by Crippen LogP contribution is 2.17. The SMILES string of the molecule is Cc1ccc(NC(=O)c2ccc(CCNS(C)(=O)=O)cc2)c(C)c1. The molecule has 2 rings (SSSR count). The Morgan fingerprint density at radius 3 is 2.29 bits per heavy atom. The number of nitrogens with one attached hydrogen (secondary N) is 2. The highest BCUT2D eigenvalue weighted by Gasteiger charge is 2.08. The maximum atomic E-state index is 12.3. The van der Waals surface area contributed by atoms with Crippen LogP contribution in [0.1, 0.15) is 27.0 Å². The molecule has 2 aromatic rings. The first-order valence-electron chi connectivity index (χ1n) is 7.67. The summed E-state index contributed by atoms with van der Waals surface area (Å²) in [6, 6.07) is 13.0. The van der Waals surface area contributed by atoms with Gasteiger partial charge in [-0.2, -0.15) is 0 Å². The molecule has 128 valence electrons. The molecule has 0 radical (unpaired) electrons. The van der Waals surface area contributed by atoms with Gasteiger partial charge in [-0.1, -0.05) is 29.8 Å². The van der Waals surface area contributed by atoms with Crippen LogP contribution in [0, 0.1) is 13.8 Å². The first-order chi connectivity index (χ1) is 11.2. The van der Waals surface area contributed by atoms with Crippen LogP contribution in [-0.4, -0.2) is 27.1 Å². The molecule has 24 heavy (non-hydrogen) atoms. The summed E-state index contributed by atoms with van der Waals surface area (Å²) in [4.78, 5) is 12.3. The first kappa shape index (κ1) is 18.2. The molecule has 0 atom stereocenters. The van der Waals surface area contributed by atoms with Crippen molar-refractivity contribution in [2.75, 3.05) is 18.1 Å². The second kappa shape index (κ2) is 7.59. The summed E-state index contributed by atoms with van der Waals surface area (Å²) in [6.07, 6.45) is 1.71. The molecule has 0 heterocycles. The van der Waals surface area contributed by atoms with Crippen molar-refractivity contribution in [2.24, 2.45) is 0 Å². The summed E-state index contributed by atoms with van der Waals surface area (Å²) in [5, 5.41) is 2.91. The summed E-state index contributed by atoms with van der Waals surface area (Å²) >= 11 is 0. The van der Waals surface area contributed by atoms with Gasteiger partial charge in [0.1, 0.15) is 0 Å². The number of amides is 1. The zero-order valence-corrected chi connectivity index (χ0v) is 14.9. The Hall–Kier alpha value is -2.18. The van der Waals surface area contributed by atoms with Crippen LogP contribution in [0.3, 0.4) is 0 Å². The van der Waals surface area contributed by atoms with E-state index in [1.807, 2.05) is 44.2 Å². The Balaban J connectivity index is 1.98. The standard InChI is InChI=1S/C18H22N2O3S/c1-13-4-9-17(14(2)12-13)20-18(21)16-7-5-15(6-8-16)10-11-19-24(3,22)23/h4-9,12,19H,10-11H2,1-3H3,(H,20,21). The second-order valence-electron chi connectivity index (χ2n) is 5.89. The minimum Gasteiger partial charge on any atom is -0.322 e. The van der Waals surface area contributed by atoms with Gasteiger partial charge >= 0.3 is 0 Å². The minimum atomic E-state index is -3.17. The molecular formula is C18H22N2O3S. The van der Waals surface area contributed by atoms with E-state index in [4.69, 9.17) is 0 Å². The largest absolute Gasteiger partial charge is 0.322 e. The predicted octanol–water partition coefficient (Wildman–Crippen LogP) is 2.65. The van der Waals surface area contributed by atoms with E-state index in [1.165, 1.54) is 0 Å². The molecule has 2 N–H and O–H groups in total. The van der Waals surface area contributed by atoms with Crippen LogP contribution in [-0.2, 0) is 16.4 Å². The van der Waals surface area contributed by atoms with Gasteiger partial charge in [0.05, 0.1) is 6.26 Å². The van der Waals surface area contributed by atoms with Crippen molar-refractivity contribution in [1.29, 1.82) is 0 Å².